The van der Waals surface area contributed by atoms with Crippen LogP contribution < -0.4 is 4.90 Å². The number of hydrogen-bond acceptors (Lipinski definition) is 6. The van der Waals surface area contributed by atoms with E-state index in [-0.39, 0.29) is 12.3 Å². The molecule has 1 aliphatic rings. The first-order chi connectivity index (χ1) is 8.76. The number of carbonyl (C=O) groups is 1. The summed E-state index contributed by atoms with van der Waals surface area (Å²) in [6.07, 6.45) is 3.43. The molecule has 1 aromatic heterocycles. The minimum Gasteiger partial charge on any atom is -0.464 e. The van der Waals surface area contributed by atoms with Crippen molar-refractivity contribution in [3.05, 3.63) is 17.8 Å². The van der Waals surface area contributed by atoms with Gasteiger partial charge in [-0.2, -0.15) is 0 Å². The molecule has 1 heterocycles. The first-order valence-corrected chi connectivity index (χ1v) is 6.06. The average Bonchev–Trinajstić information content (AvgIpc) is 2.35. The molecule has 0 aliphatic heterocycles. The van der Waals surface area contributed by atoms with Crippen molar-refractivity contribution >= 4 is 11.8 Å². The van der Waals surface area contributed by atoms with Crippen molar-refractivity contribution in [1.82, 2.24) is 10.2 Å². The van der Waals surface area contributed by atoms with Gasteiger partial charge in [0, 0.05) is 12.6 Å². The van der Waals surface area contributed by atoms with E-state index >= 15 is 0 Å². The van der Waals surface area contributed by atoms with Gasteiger partial charge in [0.2, 0.25) is 0 Å². The maximum Gasteiger partial charge on any atom is 0.358 e. The van der Waals surface area contributed by atoms with Crippen LogP contribution in [0.1, 0.15) is 29.8 Å². The molecule has 18 heavy (non-hydrogen) atoms. The minimum absolute atomic E-state index is 0.0803. The predicted molar refractivity (Wildman–Crippen MR) is 65.4 cm³/mol. The summed E-state index contributed by atoms with van der Waals surface area (Å²) in [6.45, 7) is 0.619. The number of methoxy groups -OCH3 is 1. The second-order valence-corrected chi connectivity index (χ2v) is 4.27. The van der Waals surface area contributed by atoms with Crippen molar-refractivity contribution in [1.29, 1.82) is 0 Å². The molecule has 1 N–H and O–H groups in total. The lowest BCUT2D eigenvalue weighted by atomic mass is 9.91. The zero-order valence-electron chi connectivity index (χ0n) is 10.4. The smallest absolute Gasteiger partial charge is 0.358 e. The first-order valence-electron chi connectivity index (χ1n) is 6.06. The van der Waals surface area contributed by atoms with Crippen LogP contribution in [-0.4, -0.2) is 47.6 Å². The summed E-state index contributed by atoms with van der Waals surface area (Å²) in [5.41, 5.74) is 0.193. The van der Waals surface area contributed by atoms with Crippen LogP contribution in [-0.2, 0) is 4.74 Å². The van der Waals surface area contributed by atoms with Crippen LogP contribution in [0.2, 0.25) is 0 Å². The highest BCUT2D eigenvalue weighted by molar-refractivity contribution is 5.86. The Kier molecular flexibility index (Phi) is 4.09. The van der Waals surface area contributed by atoms with Crippen molar-refractivity contribution in [3.8, 4) is 0 Å². The number of aliphatic hydroxyl groups excluding tert-OH is 1. The first kappa shape index (κ1) is 12.8. The van der Waals surface area contributed by atoms with Gasteiger partial charge in [0.25, 0.3) is 0 Å². The molecule has 1 aliphatic carbocycles. The van der Waals surface area contributed by atoms with Gasteiger partial charge >= 0.3 is 5.97 Å². The monoisotopic (exact) mass is 251 g/mol. The van der Waals surface area contributed by atoms with Crippen LogP contribution in [0.5, 0.6) is 0 Å². The van der Waals surface area contributed by atoms with E-state index in [2.05, 4.69) is 14.9 Å². The molecule has 0 spiro atoms. The SMILES string of the molecule is COC(=O)c1ccc(N(CCO)C2CCC2)nn1. The fourth-order valence-corrected chi connectivity index (χ4v) is 1.98. The van der Waals surface area contributed by atoms with Crippen molar-refractivity contribution in [2.75, 3.05) is 25.2 Å². The number of aromatic nitrogens is 2. The van der Waals surface area contributed by atoms with Gasteiger partial charge in [-0.15, -0.1) is 10.2 Å². The molecule has 6 heteroatoms. The number of carbonyl (C=O) groups excluding carboxylic acids is 1. The van der Waals surface area contributed by atoms with Crippen molar-refractivity contribution in [3.63, 3.8) is 0 Å². The summed E-state index contributed by atoms with van der Waals surface area (Å²) in [5, 5.41) is 17.0. The van der Waals surface area contributed by atoms with Crippen LogP contribution in [0.3, 0.4) is 0 Å². The van der Waals surface area contributed by atoms with Crippen molar-refractivity contribution < 1.29 is 14.6 Å². The molecule has 1 aromatic rings. The van der Waals surface area contributed by atoms with E-state index in [1.807, 2.05) is 4.90 Å². The lowest BCUT2D eigenvalue weighted by Crippen LogP contribution is -2.42. The highest BCUT2D eigenvalue weighted by Gasteiger charge is 2.26. The fraction of sp³-hybridized carbons (Fsp3) is 0.583. The standard InChI is InChI=1S/C12H17N3O3/c1-18-12(17)10-5-6-11(14-13-10)15(7-8-16)9-3-2-4-9/h5-6,9,16H,2-4,7-8H2,1H3. The zero-order valence-corrected chi connectivity index (χ0v) is 10.4. The third-order valence-electron chi connectivity index (χ3n) is 3.20. The Bertz CT molecular complexity index is 404. The van der Waals surface area contributed by atoms with Crippen LogP contribution in [0.25, 0.3) is 0 Å². The molecule has 0 atom stereocenters. The lowest BCUT2D eigenvalue weighted by molar-refractivity contribution is 0.0592. The topological polar surface area (TPSA) is 75.5 Å². The number of esters is 1. The number of ether oxygens (including phenoxy) is 1. The maximum absolute atomic E-state index is 11.2. The van der Waals surface area contributed by atoms with Gasteiger partial charge < -0.3 is 14.7 Å². The summed E-state index contributed by atoms with van der Waals surface area (Å²) in [5.74, 6) is 0.202. The Balaban J connectivity index is 2.12. The second-order valence-electron chi connectivity index (χ2n) is 4.27. The number of aliphatic hydroxyl groups is 1. The van der Waals surface area contributed by atoms with E-state index in [0.717, 1.165) is 12.8 Å². The van der Waals surface area contributed by atoms with Gasteiger partial charge in [-0.05, 0) is 31.4 Å². The molecule has 98 valence electrons. The Labute approximate surface area is 106 Å². The number of anilines is 1. The Morgan fingerprint density at radius 3 is 2.72 bits per heavy atom. The van der Waals surface area contributed by atoms with E-state index in [1.54, 1.807) is 12.1 Å². The van der Waals surface area contributed by atoms with E-state index in [9.17, 15) is 4.79 Å². The summed E-state index contributed by atoms with van der Waals surface area (Å²) < 4.78 is 4.57. The molecule has 0 aromatic carbocycles. The van der Waals surface area contributed by atoms with Gasteiger partial charge in [-0.1, -0.05) is 0 Å². The molecular formula is C12H17N3O3. The number of rotatable bonds is 5. The van der Waals surface area contributed by atoms with Gasteiger partial charge in [0.1, 0.15) is 0 Å². The van der Waals surface area contributed by atoms with E-state index in [1.165, 1.54) is 13.5 Å². The van der Waals surface area contributed by atoms with Crippen LogP contribution in [0.4, 0.5) is 5.82 Å². The van der Waals surface area contributed by atoms with Crippen LogP contribution in [0, 0.1) is 0 Å². The fourth-order valence-electron chi connectivity index (χ4n) is 1.98. The van der Waals surface area contributed by atoms with Gasteiger partial charge in [0.15, 0.2) is 11.5 Å². The quantitative estimate of drug-likeness (QED) is 0.773. The molecule has 2 rings (SSSR count). The van der Waals surface area contributed by atoms with Gasteiger partial charge in [-0.3, -0.25) is 0 Å². The molecule has 6 nitrogen and oxygen atoms in total. The molecular weight excluding hydrogens is 234 g/mol. The molecule has 0 radical (unpaired) electrons. The lowest BCUT2D eigenvalue weighted by Gasteiger charge is -2.37. The predicted octanol–water partition coefficient (Wildman–Crippen LogP) is 0.614. The molecule has 0 saturated heterocycles. The molecule has 0 unspecified atom stereocenters. The summed E-state index contributed by atoms with van der Waals surface area (Å²) in [7, 11) is 1.31. The van der Waals surface area contributed by atoms with E-state index in [4.69, 9.17) is 5.11 Å². The molecule has 0 amide bonds. The minimum atomic E-state index is -0.494. The zero-order chi connectivity index (χ0) is 13.0. The van der Waals surface area contributed by atoms with Gasteiger partial charge in [0.05, 0.1) is 13.7 Å². The van der Waals surface area contributed by atoms with Crippen LogP contribution >= 0.6 is 0 Å². The third-order valence-corrected chi connectivity index (χ3v) is 3.20. The highest BCUT2D eigenvalue weighted by atomic mass is 16.5. The molecule has 0 bridgehead atoms. The molecule has 1 fully saturated rings. The van der Waals surface area contributed by atoms with Crippen molar-refractivity contribution in [2.45, 2.75) is 25.3 Å². The Morgan fingerprint density at radius 2 is 2.28 bits per heavy atom. The Hall–Kier alpha value is -1.69. The summed E-state index contributed by atoms with van der Waals surface area (Å²) in [6, 6.07) is 3.76. The third kappa shape index (κ3) is 2.59. The number of nitrogens with zero attached hydrogens (tertiary/aromatic N) is 3. The highest BCUT2D eigenvalue weighted by Crippen LogP contribution is 2.27. The average molecular weight is 251 g/mol. The molecule has 1 saturated carbocycles. The largest absolute Gasteiger partial charge is 0.464 e. The van der Waals surface area contributed by atoms with Gasteiger partial charge in [-0.25, -0.2) is 4.79 Å². The van der Waals surface area contributed by atoms with E-state index < -0.39 is 5.97 Å². The number of hydrogen-bond donors (Lipinski definition) is 1. The van der Waals surface area contributed by atoms with Crippen molar-refractivity contribution in [2.24, 2.45) is 0 Å². The van der Waals surface area contributed by atoms with Crippen LogP contribution in [0.15, 0.2) is 12.1 Å². The summed E-state index contributed by atoms with van der Waals surface area (Å²) in [4.78, 5) is 13.3. The maximum atomic E-state index is 11.2. The summed E-state index contributed by atoms with van der Waals surface area (Å²) >= 11 is 0. The Morgan fingerprint density at radius 1 is 1.50 bits per heavy atom. The normalized spacial score (nSPS) is 15.0. The second kappa shape index (κ2) is 5.77. The van der Waals surface area contributed by atoms with E-state index in [0.29, 0.717) is 18.4 Å².